The van der Waals surface area contributed by atoms with Crippen molar-refractivity contribution in [3.8, 4) is 11.1 Å². The average molecular weight is 374 g/mol. The highest BCUT2D eigenvalue weighted by Crippen LogP contribution is 2.28. The fourth-order valence-corrected chi connectivity index (χ4v) is 2.66. The third-order valence-corrected chi connectivity index (χ3v) is 4.05. The molecule has 0 aliphatic heterocycles. The molecule has 3 rings (SSSR count). The largest absolute Gasteiger partial charge is 0.317 e. The molecule has 0 amide bonds. The van der Waals surface area contributed by atoms with Gasteiger partial charge in [0.25, 0.3) is 4.92 Å². The molecule has 0 saturated carbocycles. The van der Waals surface area contributed by atoms with Gasteiger partial charge in [-0.2, -0.15) is 15.3 Å². The minimum Gasteiger partial charge on any atom is -0.255 e. The van der Waals surface area contributed by atoms with Crippen molar-refractivity contribution in [1.29, 1.82) is 0 Å². The van der Waals surface area contributed by atoms with Crippen LogP contribution in [0.25, 0.3) is 11.1 Å². The van der Waals surface area contributed by atoms with Crippen molar-refractivity contribution in [1.82, 2.24) is 4.98 Å². The van der Waals surface area contributed by atoms with Gasteiger partial charge in [0, 0.05) is 25.0 Å². The first-order valence-corrected chi connectivity index (χ1v) is 8.57. The summed E-state index contributed by atoms with van der Waals surface area (Å²) in [5, 5.41) is 9.97. The van der Waals surface area contributed by atoms with Gasteiger partial charge in [-0.25, -0.2) is 4.84 Å². The molecule has 28 heavy (non-hydrogen) atoms. The molecule has 7 heteroatoms. The van der Waals surface area contributed by atoms with Crippen molar-refractivity contribution in [2.75, 3.05) is 12.2 Å². The van der Waals surface area contributed by atoms with Crippen molar-refractivity contribution >= 4 is 23.8 Å². The zero-order chi connectivity index (χ0) is 19.9. The van der Waals surface area contributed by atoms with E-state index >= 15 is 0 Å². The van der Waals surface area contributed by atoms with Gasteiger partial charge in [-0.1, -0.05) is 30.3 Å². The SMILES string of the molecule is C=NN(/N=C(\C)c1ccccn1)c1cccc(-c2cccc([N+](=O)OC)c2)c1. The summed E-state index contributed by atoms with van der Waals surface area (Å²) >= 11 is 0. The zero-order valence-corrected chi connectivity index (χ0v) is 15.7. The van der Waals surface area contributed by atoms with E-state index in [1.807, 2.05) is 55.5 Å². The lowest BCUT2D eigenvalue weighted by Gasteiger charge is -2.15. The second-order valence-electron chi connectivity index (χ2n) is 5.87. The van der Waals surface area contributed by atoms with Crippen molar-refractivity contribution < 1.29 is 9.76 Å². The van der Waals surface area contributed by atoms with E-state index in [0.717, 1.165) is 22.5 Å². The highest BCUT2D eigenvalue weighted by Gasteiger charge is 2.15. The first kappa shape index (κ1) is 18.9. The van der Waals surface area contributed by atoms with Crippen LogP contribution in [0.3, 0.4) is 0 Å². The summed E-state index contributed by atoms with van der Waals surface area (Å²) in [5.74, 6) is 0. The van der Waals surface area contributed by atoms with Gasteiger partial charge < -0.3 is 0 Å². The maximum Gasteiger partial charge on any atom is 0.317 e. The third kappa shape index (κ3) is 4.27. The molecule has 3 aromatic rings. The summed E-state index contributed by atoms with van der Waals surface area (Å²) in [5.41, 5.74) is 4.39. The Bertz CT molecular complexity index is 1020. The number of benzene rings is 2. The fourth-order valence-electron chi connectivity index (χ4n) is 2.66. The van der Waals surface area contributed by atoms with Crippen LogP contribution in [0.1, 0.15) is 12.6 Å². The maximum absolute atomic E-state index is 11.7. The van der Waals surface area contributed by atoms with Gasteiger partial charge in [0.05, 0.1) is 22.0 Å². The Kier molecular flexibility index (Phi) is 5.86. The van der Waals surface area contributed by atoms with Crippen LogP contribution in [-0.4, -0.2) is 29.4 Å². The molecular formula is C21H20N5O2+. The second-order valence-corrected chi connectivity index (χ2v) is 5.87. The van der Waals surface area contributed by atoms with Crippen LogP contribution in [0, 0.1) is 4.91 Å². The number of hydrogen-bond acceptors (Lipinski definition) is 6. The molecule has 0 fully saturated rings. The van der Waals surface area contributed by atoms with Gasteiger partial charge in [0.2, 0.25) is 0 Å². The molecule has 0 saturated heterocycles. The summed E-state index contributed by atoms with van der Waals surface area (Å²) in [4.78, 5) is 21.2. The number of nitrogens with zero attached hydrogens (tertiary/aromatic N) is 5. The fraction of sp³-hybridized carbons (Fsp3) is 0.0952. The second kappa shape index (κ2) is 8.68. The average Bonchev–Trinajstić information content (AvgIpc) is 2.77. The lowest BCUT2D eigenvalue weighted by atomic mass is 10.0. The molecule has 2 aromatic carbocycles. The highest BCUT2D eigenvalue weighted by molar-refractivity contribution is 5.97. The number of pyridine rings is 1. The highest BCUT2D eigenvalue weighted by atomic mass is 16.8. The summed E-state index contributed by atoms with van der Waals surface area (Å²) < 4.78 is 0. The minimum atomic E-state index is 0.410. The molecule has 7 nitrogen and oxygen atoms in total. The lowest BCUT2D eigenvalue weighted by molar-refractivity contribution is -0.736. The van der Waals surface area contributed by atoms with Crippen LogP contribution in [0.15, 0.2) is 83.1 Å². The van der Waals surface area contributed by atoms with E-state index < -0.39 is 0 Å². The lowest BCUT2D eigenvalue weighted by Crippen LogP contribution is -2.12. The Hall–Kier alpha value is -3.87. The first-order chi connectivity index (χ1) is 13.6. The van der Waals surface area contributed by atoms with Gasteiger partial charge in [0.1, 0.15) is 0 Å². The summed E-state index contributed by atoms with van der Waals surface area (Å²) in [6.45, 7) is 5.48. The number of aromatic nitrogens is 1. The van der Waals surface area contributed by atoms with Crippen LogP contribution in [0.4, 0.5) is 11.4 Å². The van der Waals surface area contributed by atoms with E-state index in [9.17, 15) is 4.91 Å². The Morgan fingerprint density at radius 1 is 1.07 bits per heavy atom. The quantitative estimate of drug-likeness (QED) is 0.449. The Morgan fingerprint density at radius 2 is 1.82 bits per heavy atom. The van der Waals surface area contributed by atoms with Crippen molar-refractivity contribution in [2.24, 2.45) is 10.2 Å². The number of rotatable bonds is 7. The van der Waals surface area contributed by atoms with Crippen LogP contribution in [0.2, 0.25) is 0 Å². The van der Waals surface area contributed by atoms with E-state index in [1.54, 1.807) is 24.4 Å². The number of hydrogen-bond donors (Lipinski definition) is 0. The topological polar surface area (TPSA) is 70.2 Å². The molecule has 0 aliphatic carbocycles. The monoisotopic (exact) mass is 374 g/mol. The van der Waals surface area contributed by atoms with Gasteiger partial charge in [-0.05, 0) is 42.3 Å². The normalized spacial score (nSPS) is 11.0. The molecule has 0 bridgehead atoms. The van der Waals surface area contributed by atoms with Crippen LogP contribution < -0.4 is 5.12 Å². The van der Waals surface area contributed by atoms with Crippen LogP contribution in [-0.2, 0) is 4.84 Å². The first-order valence-electron chi connectivity index (χ1n) is 8.57. The molecule has 1 aromatic heterocycles. The van der Waals surface area contributed by atoms with Gasteiger partial charge in [0.15, 0.2) is 7.11 Å². The molecule has 0 radical (unpaired) electrons. The van der Waals surface area contributed by atoms with Gasteiger partial charge in [-0.3, -0.25) is 4.98 Å². The smallest absolute Gasteiger partial charge is 0.255 e. The van der Waals surface area contributed by atoms with Crippen molar-refractivity contribution in [3.63, 3.8) is 0 Å². The Balaban J connectivity index is 1.94. The van der Waals surface area contributed by atoms with Crippen LogP contribution >= 0.6 is 0 Å². The molecule has 0 atom stereocenters. The van der Waals surface area contributed by atoms with E-state index in [4.69, 9.17) is 4.84 Å². The van der Waals surface area contributed by atoms with Crippen molar-refractivity contribution in [3.05, 3.63) is 83.5 Å². The van der Waals surface area contributed by atoms with E-state index in [0.29, 0.717) is 16.3 Å². The summed E-state index contributed by atoms with van der Waals surface area (Å²) in [6.07, 6.45) is 1.72. The Labute approximate surface area is 163 Å². The molecule has 0 aliphatic rings. The molecule has 0 N–H and O–H groups in total. The third-order valence-electron chi connectivity index (χ3n) is 4.05. The van der Waals surface area contributed by atoms with Crippen molar-refractivity contribution in [2.45, 2.75) is 6.92 Å². The van der Waals surface area contributed by atoms with E-state index in [1.165, 1.54) is 12.2 Å². The van der Waals surface area contributed by atoms with Crippen LogP contribution in [0.5, 0.6) is 0 Å². The number of anilines is 1. The minimum absolute atomic E-state index is 0.410. The molecule has 1 heterocycles. The zero-order valence-electron chi connectivity index (χ0n) is 15.7. The molecule has 0 unspecified atom stereocenters. The maximum atomic E-state index is 11.7. The molecular weight excluding hydrogens is 354 g/mol. The van der Waals surface area contributed by atoms with E-state index in [2.05, 4.69) is 21.9 Å². The van der Waals surface area contributed by atoms with E-state index in [-0.39, 0.29) is 0 Å². The van der Waals surface area contributed by atoms with Gasteiger partial charge in [-0.15, -0.1) is 0 Å². The molecule has 140 valence electrons. The number of hydrazone groups is 2. The Morgan fingerprint density at radius 3 is 2.50 bits per heavy atom. The van der Waals surface area contributed by atoms with Gasteiger partial charge >= 0.3 is 5.69 Å². The predicted octanol–water partition coefficient (Wildman–Crippen LogP) is 4.57. The molecule has 0 spiro atoms. The summed E-state index contributed by atoms with van der Waals surface area (Å²) in [7, 11) is 1.33. The predicted molar refractivity (Wildman–Crippen MR) is 111 cm³/mol. The standard InChI is InChI=1S/C21H20N5O2/c1-16(21-12-4-5-13-23-21)24-25(22-2)19-10-6-8-17(14-19)18-9-7-11-20(15-18)26(27)28-3/h4-15H,2H2,1,3H3/q+1/b24-16+. The summed E-state index contributed by atoms with van der Waals surface area (Å²) in [6, 6.07) is 20.4.